The summed E-state index contributed by atoms with van der Waals surface area (Å²) in [5.74, 6) is 2.45. The highest BCUT2D eigenvalue weighted by Crippen LogP contribution is 2.30. The Bertz CT molecular complexity index is 657. The van der Waals surface area contributed by atoms with Crippen LogP contribution in [0.2, 0.25) is 0 Å². The van der Waals surface area contributed by atoms with Gasteiger partial charge in [-0.3, -0.25) is 4.99 Å². The van der Waals surface area contributed by atoms with Crippen molar-refractivity contribution in [2.45, 2.75) is 46.3 Å². The molecule has 2 N–H and O–H groups in total. The lowest BCUT2D eigenvalue weighted by Gasteiger charge is -2.28. The van der Waals surface area contributed by atoms with E-state index in [2.05, 4.69) is 55.4 Å². The molecule has 2 rings (SSSR count). The summed E-state index contributed by atoms with van der Waals surface area (Å²) >= 11 is 0. The topological polar surface area (TPSA) is 67.4 Å². The number of halogens is 1. The Morgan fingerprint density at radius 2 is 1.80 bits per heavy atom. The number of aliphatic imine (C=N–C) groups is 1. The largest absolute Gasteiger partial charge is 0.497 e. The quantitative estimate of drug-likeness (QED) is 0.303. The molecule has 0 spiro atoms. The van der Waals surface area contributed by atoms with Gasteiger partial charge in [0.25, 0.3) is 0 Å². The van der Waals surface area contributed by atoms with Crippen molar-refractivity contribution in [2.75, 3.05) is 52.4 Å². The Labute approximate surface area is 199 Å². The number of methoxy groups -OCH3 is 3. The summed E-state index contributed by atoms with van der Waals surface area (Å²) in [6.07, 6.45) is 1.11. The van der Waals surface area contributed by atoms with Gasteiger partial charge in [-0.15, -0.1) is 24.0 Å². The molecule has 2 unspecified atom stereocenters. The fraction of sp³-hybridized carbons (Fsp3) is 0.682. The number of ether oxygens (including phenoxy) is 3. The maximum absolute atomic E-state index is 5.64. The van der Waals surface area contributed by atoms with E-state index in [9.17, 15) is 0 Å². The van der Waals surface area contributed by atoms with E-state index in [-0.39, 0.29) is 35.5 Å². The van der Waals surface area contributed by atoms with Crippen LogP contribution in [0.1, 0.15) is 34.1 Å². The second kappa shape index (κ2) is 12.4. The third-order valence-corrected chi connectivity index (χ3v) is 5.24. The molecule has 0 amide bonds. The van der Waals surface area contributed by atoms with Gasteiger partial charge in [0.1, 0.15) is 11.5 Å². The van der Waals surface area contributed by atoms with Gasteiger partial charge in [-0.1, -0.05) is 20.8 Å². The van der Waals surface area contributed by atoms with E-state index in [1.54, 1.807) is 21.3 Å². The van der Waals surface area contributed by atoms with E-state index < -0.39 is 0 Å². The molecule has 0 aromatic heterocycles. The molecule has 0 aliphatic carbocycles. The zero-order chi connectivity index (χ0) is 21.4. The molecule has 1 saturated heterocycles. The Morgan fingerprint density at radius 3 is 2.30 bits per heavy atom. The van der Waals surface area contributed by atoms with Gasteiger partial charge in [-0.05, 0) is 18.8 Å². The van der Waals surface area contributed by atoms with Crippen LogP contribution in [0, 0.1) is 5.41 Å². The predicted molar refractivity (Wildman–Crippen MR) is 135 cm³/mol. The first-order valence-electron chi connectivity index (χ1n) is 10.4. The summed E-state index contributed by atoms with van der Waals surface area (Å²) in [4.78, 5) is 7.12. The zero-order valence-corrected chi connectivity index (χ0v) is 21.8. The molecule has 30 heavy (non-hydrogen) atoms. The minimum absolute atomic E-state index is 0. The van der Waals surface area contributed by atoms with E-state index in [4.69, 9.17) is 19.2 Å². The van der Waals surface area contributed by atoms with Crippen LogP contribution in [0.4, 0.5) is 5.69 Å². The van der Waals surface area contributed by atoms with Crippen molar-refractivity contribution in [3.8, 4) is 11.5 Å². The molecule has 0 bridgehead atoms. The van der Waals surface area contributed by atoms with Gasteiger partial charge in [0.2, 0.25) is 0 Å². The molecule has 1 heterocycles. The van der Waals surface area contributed by atoms with E-state index in [0.29, 0.717) is 12.6 Å². The monoisotopic (exact) mass is 534 g/mol. The molecule has 1 fully saturated rings. The smallest absolute Gasteiger partial charge is 0.191 e. The van der Waals surface area contributed by atoms with E-state index in [1.165, 1.54) is 0 Å². The number of nitrogens with one attached hydrogen (secondary N) is 2. The van der Waals surface area contributed by atoms with Crippen LogP contribution >= 0.6 is 24.0 Å². The summed E-state index contributed by atoms with van der Waals surface area (Å²) in [5.41, 5.74) is 1.16. The molecule has 2 atom stereocenters. The minimum Gasteiger partial charge on any atom is -0.497 e. The average Bonchev–Trinajstić information content (AvgIpc) is 3.15. The first kappa shape index (κ1) is 26.6. The summed E-state index contributed by atoms with van der Waals surface area (Å²) in [5, 5.41) is 6.94. The SMILES string of the molecule is CCNC(=NCC(OC)C(C)(C)C)NC1CCN(c2cc(OC)cc(OC)c2)C1.I. The molecule has 1 aliphatic heterocycles. The number of hydrogen-bond acceptors (Lipinski definition) is 5. The number of guanidine groups is 1. The van der Waals surface area contributed by atoms with Crippen LogP contribution in [0.15, 0.2) is 23.2 Å². The lowest BCUT2D eigenvalue weighted by molar-refractivity contribution is 0.0241. The summed E-state index contributed by atoms with van der Waals surface area (Å²) in [6, 6.07) is 6.32. The van der Waals surface area contributed by atoms with Crippen molar-refractivity contribution in [1.82, 2.24) is 10.6 Å². The maximum atomic E-state index is 5.64. The Hall–Kier alpha value is -1.42. The van der Waals surface area contributed by atoms with Crippen LogP contribution in [0.3, 0.4) is 0 Å². The van der Waals surface area contributed by atoms with Crippen molar-refractivity contribution >= 4 is 35.6 Å². The Morgan fingerprint density at radius 1 is 1.17 bits per heavy atom. The molecule has 0 radical (unpaired) electrons. The molecule has 1 aliphatic rings. The molecular formula is C22H39IN4O3. The highest BCUT2D eigenvalue weighted by Gasteiger charge is 2.26. The highest BCUT2D eigenvalue weighted by atomic mass is 127. The highest BCUT2D eigenvalue weighted by molar-refractivity contribution is 14.0. The molecule has 1 aromatic carbocycles. The van der Waals surface area contributed by atoms with Gasteiger partial charge in [0, 0.05) is 56.7 Å². The van der Waals surface area contributed by atoms with Crippen LogP contribution in [-0.2, 0) is 4.74 Å². The van der Waals surface area contributed by atoms with E-state index in [1.807, 2.05) is 6.07 Å². The number of rotatable bonds is 8. The molecule has 7 nitrogen and oxygen atoms in total. The third kappa shape index (κ3) is 7.68. The van der Waals surface area contributed by atoms with E-state index in [0.717, 1.165) is 49.2 Å². The van der Waals surface area contributed by atoms with Gasteiger partial charge in [0.05, 0.1) is 26.9 Å². The average molecular weight is 534 g/mol. The molecule has 172 valence electrons. The number of hydrogen-bond donors (Lipinski definition) is 2. The molecule has 1 aromatic rings. The van der Waals surface area contributed by atoms with Crippen LogP contribution in [0.25, 0.3) is 0 Å². The second-order valence-corrected chi connectivity index (χ2v) is 8.46. The molecule has 0 saturated carbocycles. The van der Waals surface area contributed by atoms with Crippen molar-refractivity contribution in [3.63, 3.8) is 0 Å². The first-order chi connectivity index (χ1) is 13.8. The van der Waals surface area contributed by atoms with Crippen molar-refractivity contribution in [2.24, 2.45) is 10.4 Å². The minimum atomic E-state index is 0. The fourth-order valence-electron chi connectivity index (χ4n) is 3.48. The van der Waals surface area contributed by atoms with Crippen molar-refractivity contribution < 1.29 is 14.2 Å². The van der Waals surface area contributed by atoms with E-state index >= 15 is 0 Å². The van der Waals surface area contributed by atoms with Gasteiger partial charge in [-0.25, -0.2) is 0 Å². The standard InChI is InChI=1S/C22H38N4O3.HI/c1-8-23-21(24-14-20(29-7)22(2,3)4)25-16-9-10-26(15-16)17-11-18(27-5)13-19(12-17)28-6;/h11-13,16,20H,8-10,14-15H2,1-7H3,(H2,23,24,25);1H. The number of benzene rings is 1. The third-order valence-electron chi connectivity index (χ3n) is 5.24. The van der Waals surface area contributed by atoms with Gasteiger partial charge in [-0.2, -0.15) is 0 Å². The van der Waals surface area contributed by atoms with Crippen molar-refractivity contribution in [3.05, 3.63) is 18.2 Å². The number of anilines is 1. The lowest BCUT2D eigenvalue weighted by atomic mass is 9.89. The number of nitrogens with zero attached hydrogens (tertiary/aromatic N) is 2. The summed E-state index contributed by atoms with van der Waals surface area (Å²) in [6.45, 7) is 11.9. The van der Waals surface area contributed by atoms with Gasteiger partial charge >= 0.3 is 0 Å². The van der Waals surface area contributed by atoms with Crippen molar-refractivity contribution in [1.29, 1.82) is 0 Å². The molecular weight excluding hydrogens is 495 g/mol. The van der Waals surface area contributed by atoms with Gasteiger partial charge in [0.15, 0.2) is 5.96 Å². The zero-order valence-electron chi connectivity index (χ0n) is 19.4. The first-order valence-corrected chi connectivity index (χ1v) is 10.4. The van der Waals surface area contributed by atoms with Gasteiger partial charge < -0.3 is 29.7 Å². The Balaban J connectivity index is 0.00000450. The lowest BCUT2D eigenvalue weighted by Crippen LogP contribution is -2.45. The normalized spacial score (nSPS) is 17.9. The summed E-state index contributed by atoms with van der Waals surface area (Å²) in [7, 11) is 5.11. The Kier molecular flexibility index (Phi) is 11.0. The van der Waals surface area contributed by atoms with Crippen LogP contribution in [-0.4, -0.2) is 65.6 Å². The predicted octanol–water partition coefficient (Wildman–Crippen LogP) is 3.52. The maximum Gasteiger partial charge on any atom is 0.191 e. The molecule has 8 heteroatoms. The summed E-state index contributed by atoms with van der Waals surface area (Å²) < 4.78 is 16.5. The van der Waals surface area contributed by atoms with Crippen LogP contribution in [0.5, 0.6) is 11.5 Å². The fourth-order valence-corrected chi connectivity index (χ4v) is 3.48. The van der Waals surface area contributed by atoms with Crippen LogP contribution < -0.4 is 25.0 Å². The second-order valence-electron chi connectivity index (χ2n) is 8.46.